The van der Waals surface area contributed by atoms with Crippen LogP contribution in [0.1, 0.15) is 70.9 Å². The molecule has 0 aliphatic heterocycles. The molecule has 6 aromatic rings. The molecule has 332 valence electrons. The van der Waals surface area contributed by atoms with E-state index in [1.54, 1.807) is 6.07 Å². The van der Waals surface area contributed by atoms with Gasteiger partial charge in [0.05, 0.1) is 48.4 Å². The minimum atomic E-state index is -5.61. The van der Waals surface area contributed by atoms with E-state index in [1.165, 1.54) is 43.4 Å². The Morgan fingerprint density at radius 3 is 1.94 bits per heavy atom. The SMILES string of the molecule is CCC1CCC(Nc2nc(N)nc(Nc3cc(Nc4ccc5c6c4C(=O)c4ccccc4-c6c(C(=O)c4cccc(S(=O)(=O)[O-])c4)c(=O)n5C)c(S(=O)(=O)[O-])cc3S(=O)(=O)[O-])n2)CC1.[Na+].[Na+].[Na+]. The molecule has 2 heterocycles. The smallest absolute Gasteiger partial charge is 0.744 e. The zero-order valence-electron chi connectivity index (χ0n) is 36.6. The number of nitrogens with two attached hydrogens (primary N) is 1. The number of nitrogens with zero attached hydrogens (tertiary/aromatic N) is 4. The van der Waals surface area contributed by atoms with Crippen molar-refractivity contribution in [3.8, 4) is 11.1 Å². The summed E-state index contributed by atoms with van der Waals surface area (Å²) in [5.41, 5.74) is 2.78. The van der Waals surface area contributed by atoms with Crippen molar-refractivity contribution in [2.45, 2.75) is 59.8 Å². The number of rotatable bonds is 12. The molecule has 1 fully saturated rings. The van der Waals surface area contributed by atoms with Crippen LogP contribution in [0.3, 0.4) is 0 Å². The second-order valence-corrected chi connectivity index (χ2v) is 19.4. The molecule has 0 bridgehead atoms. The van der Waals surface area contributed by atoms with E-state index in [0.29, 0.717) is 12.0 Å². The zero-order valence-corrected chi connectivity index (χ0v) is 45.1. The van der Waals surface area contributed by atoms with Crippen LogP contribution in [0.15, 0.2) is 92.3 Å². The summed E-state index contributed by atoms with van der Waals surface area (Å²) in [4.78, 5) is 52.3. The molecule has 26 heteroatoms. The molecular formula is C41H35N8Na3O12S3. The van der Waals surface area contributed by atoms with Crippen LogP contribution in [0.4, 0.5) is 34.9 Å². The van der Waals surface area contributed by atoms with E-state index in [-0.39, 0.29) is 157 Å². The van der Waals surface area contributed by atoms with E-state index in [9.17, 15) is 53.3 Å². The molecule has 8 rings (SSSR count). The number of hydrogen-bond donors (Lipinski definition) is 4. The van der Waals surface area contributed by atoms with Gasteiger partial charge in [0.25, 0.3) is 5.56 Å². The van der Waals surface area contributed by atoms with Crippen molar-refractivity contribution in [2.75, 3.05) is 21.7 Å². The van der Waals surface area contributed by atoms with Gasteiger partial charge in [-0.1, -0.05) is 49.7 Å². The fraction of sp³-hybridized carbons (Fsp3) is 0.220. The minimum absolute atomic E-state index is 0. The first-order valence-electron chi connectivity index (χ1n) is 19.5. The van der Waals surface area contributed by atoms with E-state index in [4.69, 9.17) is 5.73 Å². The Balaban J connectivity index is 0.00000280. The zero-order chi connectivity index (χ0) is 46.0. The normalized spacial score (nSPS) is 15.6. The average molecular weight is 997 g/mol. The van der Waals surface area contributed by atoms with Crippen LogP contribution in [-0.2, 0) is 37.4 Å². The molecule has 2 aliphatic carbocycles. The van der Waals surface area contributed by atoms with Crippen molar-refractivity contribution in [2.24, 2.45) is 13.0 Å². The van der Waals surface area contributed by atoms with Gasteiger partial charge in [0.15, 0.2) is 11.6 Å². The molecule has 2 aromatic heterocycles. The third-order valence-corrected chi connectivity index (χ3v) is 14.0. The Bertz CT molecular complexity index is 3410. The number of aryl methyl sites for hydroxylation is 1. The maximum absolute atomic E-state index is 14.6. The summed E-state index contributed by atoms with van der Waals surface area (Å²) in [5, 5.41) is 8.51. The third-order valence-electron chi connectivity index (χ3n) is 11.4. The first-order chi connectivity index (χ1) is 30.1. The number of ketones is 2. The van der Waals surface area contributed by atoms with Crippen molar-refractivity contribution < 1.29 is 137 Å². The van der Waals surface area contributed by atoms with Gasteiger partial charge in [-0.15, -0.1) is 0 Å². The molecule has 0 unspecified atom stereocenters. The second-order valence-electron chi connectivity index (χ2n) is 15.3. The fourth-order valence-electron chi connectivity index (χ4n) is 8.27. The largest absolute Gasteiger partial charge is 1.00 e. The molecule has 67 heavy (non-hydrogen) atoms. The molecule has 0 saturated heterocycles. The number of benzene rings is 4. The van der Waals surface area contributed by atoms with Crippen LogP contribution in [0.25, 0.3) is 22.0 Å². The van der Waals surface area contributed by atoms with E-state index in [1.807, 2.05) is 0 Å². The predicted octanol–water partition coefficient (Wildman–Crippen LogP) is -4.66. The van der Waals surface area contributed by atoms with E-state index in [0.717, 1.165) is 60.9 Å². The molecule has 4 aromatic carbocycles. The van der Waals surface area contributed by atoms with Gasteiger partial charge in [-0.3, -0.25) is 14.4 Å². The molecule has 0 amide bonds. The molecule has 0 radical (unpaired) electrons. The van der Waals surface area contributed by atoms with Crippen LogP contribution >= 0.6 is 0 Å². The van der Waals surface area contributed by atoms with Gasteiger partial charge in [0.1, 0.15) is 30.4 Å². The van der Waals surface area contributed by atoms with E-state index in [2.05, 4.69) is 37.8 Å². The Labute approximate surface area is 450 Å². The summed E-state index contributed by atoms with van der Waals surface area (Å²) in [5.74, 6) is -1.74. The Morgan fingerprint density at radius 1 is 0.716 bits per heavy atom. The molecule has 1 saturated carbocycles. The van der Waals surface area contributed by atoms with Gasteiger partial charge in [-0.05, 0) is 73.6 Å². The predicted molar refractivity (Wildman–Crippen MR) is 229 cm³/mol. The Hall–Kier alpha value is -3.63. The number of hydrogen-bond acceptors (Lipinski definition) is 19. The number of carbonyl (C=O) groups is 2. The van der Waals surface area contributed by atoms with Crippen LogP contribution < -0.4 is 116 Å². The fourth-order valence-corrected chi connectivity index (χ4v) is 10.1. The summed E-state index contributed by atoms with van der Waals surface area (Å²) in [6.07, 6.45) is 4.61. The number of carbonyl (C=O) groups excluding carboxylic acids is 2. The third kappa shape index (κ3) is 10.9. The maximum atomic E-state index is 14.6. The van der Waals surface area contributed by atoms with Crippen molar-refractivity contribution >= 4 is 87.7 Å². The van der Waals surface area contributed by atoms with E-state index < -0.39 is 79.1 Å². The minimum Gasteiger partial charge on any atom is -0.744 e. The molecule has 0 spiro atoms. The summed E-state index contributed by atoms with van der Waals surface area (Å²) < 4.78 is 113. The molecule has 5 N–H and O–H groups in total. The first-order valence-corrected chi connectivity index (χ1v) is 23.7. The van der Waals surface area contributed by atoms with Gasteiger partial charge in [0, 0.05) is 35.2 Å². The number of pyridine rings is 1. The number of aromatic nitrogens is 4. The quantitative estimate of drug-likeness (QED) is 0.0508. The van der Waals surface area contributed by atoms with Gasteiger partial charge in [0.2, 0.25) is 17.8 Å². The number of nitrogens with one attached hydrogen (secondary N) is 3. The van der Waals surface area contributed by atoms with Crippen LogP contribution in [0.2, 0.25) is 0 Å². The van der Waals surface area contributed by atoms with Crippen LogP contribution in [0.5, 0.6) is 0 Å². The standard InChI is InChI=1S/C41H38N8O12S3.3Na/c1-3-20-11-13-22(14-12-20)43-40-46-39(42)47-41(48-40)45-28-18-27(30(63(56,57)58)19-31(28)64(59,60)61)44-26-15-16-29-34-32(24-9-4-5-10-25(24)37(51)33(26)34)35(38(52)49(29)2)36(50)21-7-6-8-23(17-21)62(53,54)55;;;/h4-10,15-20,22,44H,3,11-14H2,1-2H3,(H,53,54,55)(H,56,57,58)(H,59,60,61)(H4,42,43,45,46,47,48);;;/q;3*+1/p-3. The van der Waals surface area contributed by atoms with Gasteiger partial charge in [-0.2, -0.15) is 15.0 Å². The van der Waals surface area contributed by atoms with Gasteiger partial charge in [-0.25, -0.2) is 25.3 Å². The monoisotopic (exact) mass is 996 g/mol. The number of fused-ring (bicyclic) bond motifs is 2. The van der Waals surface area contributed by atoms with Crippen molar-refractivity contribution in [1.29, 1.82) is 0 Å². The van der Waals surface area contributed by atoms with Crippen LogP contribution in [-0.4, -0.2) is 76.0 Å². The summed E-state index contributed by atoms with van der Waals surface area (Å²) in [7, 11) is -14.9. The summed E-state index contributed by atoms with van der Waals surface area (Å²) in [6.45, 7) is 2.12. The van der Waals surface area contributed by atoms with Crippen LogP contribution in [0, 0.1) is 5.92 Å². The molecule has 0 atom stereocenters. The summed E-state index contributed by atoms with van der Waals surface area (Å²) >= 11 is 0. The van der Waals surface area contributed by atoms with Crippen molar-refractivity contribution in [1.82, 2.24) is 19.5 Å². The molecular weight excluding hydrogens is 962 g/mol. The number of nitrogen functional groups attached to an aromatic ring is 1. The summed E-state index contributed by atoms with van der Waals surface area (Å²) in [6, 6.07) is 13.9. The molecule has 2 aliphatic rings. The van der Waals surface area contributed by atoms with E-state index >= 15 is 0 Å². The molecule has 20 nitrogen and oxygen atoms in total. The van der Waals surface area contributed by atoms with Crippen molar-refractivity contribution in [3.63, 3.8) is 0 Å². The average Bonchev–Trinajstić information content (AvgIpc) is 3.23. The second kappa shape index (κ2) is 20.8. The topological polar surface area (TPSA) is 329 Å². The van der Waals surface area contributed by atoms with Crippen molar-refractivity contribution in [3.05, 3.63) is 105 Å². The van der Waals surface area contributed by atoms with Gasteiger partial charge >= 0.3 is 88.7 Å². The van der Waals surface area contributed by atoms with Gasteiger partial charge < -0.3 is 39.9 Å². The first kappa shape index (κ1) is 54.3. The maximum Gasteiger partial charge on any atom is 1.00 e. The Morgan fingerprint density at radius 2 is 1.33 bits per heavy atom. The Kier molecular flexibility index (Phi) is 16.8. The number of anilines is 6.